The molecule has 0 saturated heterocycles. The van der Waals surface area contributed by atoms with Gasteiger partial charge in [0.1, 0.15) is 5.75 Å². The zero-order valence-corrected chi connectivity index (χ0v) is 9.93. The van der Waals surface area contributed by atoms with Gasteiger partial charge in [0, 0.05) is 11.6 Å². The van der Waals surface area contributed by atoms with Crippen molar-refractivity contribution in [3.8, 4) is 5.75 Å². The van der Waals surface area contributed by atoms with Gasteiger partial charge in [0.15, 0.2) is 0 Å². The van der Waals surface area contributed by atoms with Crippen LogP contribution in [0.1, 0.15) is 0 Å². The van der Waals surface area contributed by atoms with Crippen LogP contribution in [0.5, 0.6) is 5.75 Å². The van der Waals surface area contributed by atoms with E-state index in [-0.39, 0.29) is 5.75 Å². The van der Waals surface area contributed by atoms with Crippen molar-refractivity contribution in [3.63, 3.8) is 0 Å². The molecule has 3 rings (SSSR count). The van der Waals surface area contributed by atoms with E-state index < -0.39 is 0 Å². The van der Waals surface area contributed by atoms with Gasteiger partial charge in [-0.3, -0.25) is 0 Å². The standard InChI is InChI=1S/C14H10N4O/c19-12-7-5-11(6-8-12)17-18-14-15-9-10-3-1-2-4-13(10)16-14/h1-9,19H. The minimum Gasteiger partial charge on any atom is -0.508 e. The lowest BCUT2D eigenvalue weighted by molar-refractivity contribution is 0.475. The second kappa shape index (κ2) is 4.81. The number of hydrogen-bond donors (Lipinski definition) is 1. The van der Waals surface area contributed by atoms with Crippen LogP contribution in [0, 0.1) is 0 Å². The summed E-state index contributed by atoms with van der Waals surface area (Å²) in [5.74, 6) is 0.507. The van der Waals surface area contributed by atoms with Crippen LogP contribution >= 0.6 is 0 Å². The van der Waals surface area contributed by atoms with Crippen molar-refractivity contribution in [2.45, 2.75) is 0 Å². The molecule has 0 saturated carbocycles. The van der Waals surface area contributed by atoms with Gasteiger partial charge in [0.05, 0.1) is 11.2 Å². The van der Waals surface area contributed by atoms with E-state index in [0.717, 1.165) is 10.9 Å². The third kappa shape index (κ3) is 2.55. The smallest absolute Gasteiger partial charge is 0.269 e. The molecule has 0 unspecified atom stereocenters. The lowest BCUT2D eigenvalue weighted by Gasteiger charge is -1.96. The summed E-state index contributed by atoms with van der Waals surface area (Å²) in [4.78, 5) is 8.41. The highest BCUT2D eigenvalue weighted by molar-refractivity contribution is 5.78. The molecular weight excluding hydrogens is 240 g/mol. The normalized spacial score (nSPS) is 11.2. The van der Waals surface area contributed by atoms with E-state index in [9.17, 15) is 0 Å². The molecule has 1 N–H and O–H groups in total. The number of hydrogen-bond acceptors (Lipinski definition) is 5. The summed E-state index contributed by atoms with van der Waals surface area (Å²) in [6, 6.07) is 14.1. The number of benzene rings is 2. The molecule has 92 valence electrons. The average molecular weight is 250 g/mol. The molecule has 0 amide bonds. The zero-order valence-electron chi connectivity index (χ0n) is 9.93. The van der Waals surface area contributed by atoms with Crippen molar-refractivity contribution in [2.75, 3.05) is 0 Å². The van der Waals surface area contributed by atoms with E-state index in [1.807, 2.05) is 24.3 Å². The topological polar surface area (TPSA) is 70.7 Å². The van der Waals surface area contributed by atoms with Crippen LogP contribution in [-0.2, 0) is 0 Å². The fraction of sp³-hybridized carbons (Fsp3) is 0. The number of fused-ring (bicyclic) bond motifs is 1. The number of para-hydroxylation sites is 1. The number of phenolic OH excluding ortho intramolecular Hbond substituents is 1. The van der Waals surface area contributed by atoms with Crippen LogP contribution in [0.3, 0.4) is 0 Å². The summed E-state index contributed by atoms with van der Waals surface area (Å²) >= 11 is 0. The van der Waals surface area contributed by atoms with Crippen molar-refractivity contribution in [2.24, 2.45) is 10.2 Å². The first kappa shape index (κ1) is 11.3. The monoisotopic (exact) mass is 250 g/mol. The average Bonchev–Trinajstić information content (AvgIpc) is 2.46. The number of phenols is 1. The van der Waals surface area contributed by atoms with Crippen LogP contribution in [-0.4, -0.2) is 15.1 Å². The quantitative estimate of drug-likeness (QED) is 0.704. The molecule has 3 aromatic rings. The Morgan fingerprint density at radius 2 is 1.68 bits per heavy atom. The van der Waals surface area contributed by atoms with Crippen LogP contribution in [0.15, 0.2) is 65.0 Å². The Morgan fingerprint density at radius 1 is 0.895 bits per heavy atom. The third-order valence-corrected chi connectivity index (χ3v) is 2.58. The van der Waals surface area contributed by atoms with Crippen LogP contribution in [0.2, 0.25) is 0 Å². The lowest BCUT2D eigenvalue weighted by atomic mass is 10.2. The molecule has 5 heteroatoms. The number of azo groups is 1. The second-order valence-corrected chi connectivity index (χ2v) is 3.95. The van der Waals surface area contributed by atoms with Gasteiger partial charge >= 0.3 is 0 Å². The molecule has 0 atom stereocenters. The Labute approximate surface area is 109 Å². The Kier molecular flexibility index (Phi) is 2.86. The Morgan fingerprint density at radius 3 is 2.53 bits per heavy atom. The highest BCUT2D eigenvalue weighted by Crippen LogP contribution is 2.19. The van der Waals surface area contributed by atoms with E-state index in [1.54, 1.807) is 30.5 Å². The lowest BCUT2D eigenvalue weighted by Crippen LogP contribution is -1.82. The maximum absolute atomic E-state index is 9.16. The minimum atomic E-state index is 0.195. The Bertz CT molecular complexity index is 738. The van der Waals surface area contributed by atoms with Crippen molar-refractivity contribution >= 4 is 22.5 Å². The SMILES string of the molecule is Oc1ccc(N=Nc2ncc3ccccc3n2)cc1. The van der Waals surface area contributed by atoms with Crippen molar-refractivity contribution in [1.82, 2.24) is 9.97 Å². The summed E-state index contributed by atoms with van der Waals surface area (Å²) < 4.78 is 0. The molecule has 1 aromatic heterocycles. The molecule has 0 aliphatic rings. The summed E-state index contributed by atoms with van der Waals surface area (Å²) in [6.45, 7) is 0. The van der Waals surface area contributed by atoms with Crippen molar-refractivity contribution in [1.29, 1.82) is 0 Å². The number of aromatic hydroxyl groups is 1. The molecule has 0 aliphatic heterocycles. The van der Waals surface area contributed by atoms with Crippen LogP contribution < -0.4 is 0 Å². The van der Waals surface area contributed by atoms with Gasteiger partial charge in [-0.25, -0.2) is 9.97 Å². The predicted octanol–water partition coefficient (Wildman–Crippen LogP) is 3.75. The molecule has 19 heavy (non-hydrogen) atoms. The van der Waals surface area contributed by atoms with Crippen LogP contribution in [0.25, 0.3) is 10.9 Å². The van der Waals surface area contributed by atoms with Crippen LogP contribution in [0.4, 0.5) is 11.6 Å². The summed E-state index contributed by atoms with van der Waals surface area (Å²) in [5.41, 5.74) is 1.46. The minimum absolute atomic E-state index is 0.195. The second-order valence-electron chi connectivity index (χ2n) is 3.95. The van der Waals surface area contributed by atoms with Gasteiger partial charge in [-0.1, -0.05) is 18.2 Å². The predicted molar refractivity (Wildman–Crippen MR) is 71.8 cm³/mol. The van der Waals surface area contributed by atoms with Crippen molar-refractivity contribution < 1.29 is 5.11 Å². The molecular formula is C14H10N4O. The Balaban J connectivity index is 1.90. The molecule has 2 aromatic carbocycles. The first-order valence-corrected chi connectivity index (χ1v) is 5.74. The maximum Gasteiger partial charge on any atom is 0.269 e. The molecule has 0 fully saturated rings. The zero-order chi connectivity index (χ0) is 13.1. The molecule has 0 bridgehead atoms. The Hall–Kier alpha value is -2.82. The molecule has 0 radical (unpaired) electrons. The highest BCUT2D eigenvalue weighted by atomic mass is 16.3. The van der Waals surface area contributed by atoms with Gasteiger partial charge in [0.2, 0.25) is 0 Å². The fourth-order valence-electron chi connectivity index (χ4n) is 1.63. The van der Waals surface area contributed by atoms with E-state index >= 15 is 0 Å². The molecule has 0 spiro atoms. The summed E-state index contributed by atoms with van der Waals surface area (Å²) in [7, 11) is 0. The first-order valence-electron chi connectivity index (χ1n) is 5.74. The maximum atomic E-state index is 9.16. The molecule has 0 aliphatic carbocycles. The highest BCUT2D eigenvalue weighted by Gasteiger charge is 1.97. The largest absolute Gasteiger partial charge is 0.508 e. The van der Waals surface area contributed by atoms with Gasteiger partial charge in [-0.05, 0) is 30.3 Å². The van der Waals surface area contributed by atoms with Gasteiger partial charge in [-0.2, -0.15) is 0 Å². The number of aromatic nitrogens is 2. The van der Waals surface area contributed by atoms with Gasteiger partial charge in [-0.15, -0.1) is 10.2 Å². The van der Waals surface area contributed by atoms with E-state index in [0.29, 0.717) is 11.6 Å². The van der Waals surface area contributed by atoms with Gasteiger partial charge < -0.3 is 5.11 Å². The van der Waals surface area contributed by atoms with E-state index in [2.05, 4.69) is 20.2 Å². The van der Waals surface area contributed by atoms with E-state index in [4.69, 9.17) is 5.11 Å². The summed E-state index contributed by atoms with van der Waals surface area (Å²) in [5, 5.41) is 18.1. The van der Waals surface area contributed by atoms with E-state index in [1.165, 1.54) is 0 Å². The third-order valence-electron chi connectivity index (χ3n) is 2.58. The van der Waals surface area contributed by atoms with Crippen molar-refractivity contribution in [3.05, 3.63) is 54.7 Å². The van der Waals surface area contributed by atoms with Gasteiger partial charge in [0.25, 0.3) is 5.95 Å². The fourth-order valence-corrected chi connectivity index (χ4v) is 1.63. The first-order chi connectivity index (χ1) is 9.31. The summed E-state index contributed by atoms with van der Waals surface area (Å²) in [6.07, 6.45) is 1.72. The molecule has 1 heterocycles. The number of rotatable bonds is 2. The molecule has 5 nitrogen and oxygen atoms in total. The number of nitrogens with zero attached hydrogens (tertiary/aromatic N) is 4.